The van der Waals surface area contributed by atoms with Gasteiger partial charge in [-0.05, 0) is 74.3 Å². The van der Waals surface area contributed by atoms with Gasteiger partial charge >= 0.3 is 0 Å². The van der Waals surface area contributed by atoms with Crippen LogP contribution in [0.15, 0.2) is 79.0 Å². The number of fused-ring (bicyclic) bond motifs is 2. The average Bonchev–Trinajstić information content (AvgIpc) is 3.51. The summed E-state index contributed by atoms with van der Waals surface area (Å²) in [6.45, 7) is 1.10. The van der Waals surface area contributed by atoms with Gasteiger partial charge in [-0.2, -0.15) is 0 Å². The lowest BCUT2D eigenvalue weighted by Crippen LogP contribution is -2.15. The lowest BCUT2D eigenvalue weighted by atomic mass is 10.0. The molecule has 2 N–H and O–H groups in total. The van der Waals surface area contributed by atoms with E-state index in [0.717, 1.165) is 70.6 Å². The first-order valence-corrected chi connectivity index (χ1v) is 12.7. The van der Waals surface area contributed by atoms with Crippen molar-refractivity contribution in [2.24, 2.45) is 5.73 Å². The van der Waals surface area contributed by atoms with Gasteiger partial charge in [-0.25, -0.2) is 14.4 Å². The van der Waals surface area contributed by atoms with Crippen molar-refractivity contribution in [2.75, 3.05) is 13.2 Å². The Hall–Kier alpha value is -4.10. The number of ether oxygens (including phenoxy) is 1. The van der Waals surface area contributed by atoms with E-state index in [4.69, 9.17) is 15.5 Å². The molecule has 1 atom stereocenters. The maximum atomic E-state index is 13.7. The standard InChI is InChI=1S/C30H28FN5O/c31-23-10-7-21(8-11-23)29-30(22-15-17-33-24(18-22)5-3-16-32)36-25(12-13-27(36)35-29)19-37-28-14-9-20-4-1-2-6-26(20)34-28/h1-2,4,6-11,14-15,17-18,25H,3,5,12-13,16,19,32H2/t25-/m0/s1. The Morgan fingerprint density at radius 3 is 2.70 bits per heavy atom. The number of rotatable bonds is 8. The van der Waals surface area contributed by atoms with E-state index in [0.29, 0.717) is 19.0 Å². The summed E-state index contributed by atoms with van der Waals surface area (Å²) < 4.78 is 22.2. The highest BCUT2D eigenvalue weighted by Gasteiger charge is 2.31. The quantitative estimate of drug-likeness (QED) is 0.297. The van der Waals surface area contributed by atoms with Crippen LogP contribution in [-0.4, -0.2) is 32.7 Å². The number of aryl methyl sites for hydroxylation is 2. The maximum absolute atomic E-state index is 13.7. The first kappa shape index (κ1) is 23.3. The molecule has 4 heterocycles. The highest BCUT2D eigenvalue weighted by molar-refractivity contribution is 5.80. The number of imidazole rings is 1. The van der Waals surface area contributed by atoms with Gasteiger partial charge in [-0.1, -0.05) is 18.2 Å². The van der Waals surface area contributed by atoms with Gasteiger partial charge in [0.2, 0.25) is 5.88 Å². The molecule has 2 aromatic carbocycles. The summed E-state index contributed by atoms with van der Waals surface area (Å²) in [5.41, 5.74) is 11.4. The molecule has 6 nitrogen and oxygen atoms in total. The topological polar surface area (TPSA) is 78.8 Å². The van der Waals surface area contributed by atoms with Crippen molar-refractivity contribution in [2.45, 2.75) is 31.7 Å². The zero-order valence-electron chi connectivity index (χ0n) is 20.5. The van der Waals surface area contributed by atoms with Gasteiger partial charge in [0.1, 0.15) is 18.2 Å². The van der Waals surface area contributed by atoms with Crippen LogP contribution in [0.5, 0.6) is 5.88 Å². The van der Waals surface area contributed by atoms with E-state index < -0.39 is 0 Å². The Balaban J connectivity index is 1.37. The summed E-state index contributed by atoms with van der Waals surface area (Å²) >= 11 is 0. The molecular formula is C30H28FN5O. The van der Waals surface area contributed by atoms with E-state index in [2.05, 4.69) is 20.6 Å². The Morgan fingerprint density at radius 2 is 1.84 bits per heavy atom. The van der Waals surface area contributed by atoms with Crippen molar-refractivity contribution in [3.8, 4) is 28.4 Å². The second-order valence-electron chi connectivity index (χ2n) is 9.38. The molecule has 0 unspecified atom stereocenters. The largest absolute Gasteiger partial charge is 0.475 e. The van der Waals surface area contributed by atoms with Crippen LogP contribution in [0, 0.1) is 5.82 Å². The predicted molar refractivity (Wildman–Crippen MR) is 143 cm³/mol. The molecule has 6 rings (SSSR count). The van der Waals surface area contributed by atoms with Crippen LogP contribution in [0.2, 0.25) is 0 Å². The third kappa shape index (κ3) is 4.70. The second-order valence-corrected chi connectivity index (χ2v) is 9.38. The van der Waals surface area contributed by atoms with Crippen LogP contribution in [0.3, 0.4) is 0 Å². The van der Waals surface area contributed by atoms with Crippen LogP contribution in [0.25, 0.3) is 33.4 Å². The number of nitrogens with two attached hydrogens (primary N) is 1. The number of halogens is 1. The highest BCUT2D eigenvalue weighted by atomic mass is 19.1. The van der Waals surface area contributed by atoms with Crippen LogP contribution >= 0.6 is 0 Å². The van der Waals surface area contributed by atoms with E-state index in [-0.39, 0.29) is 11.9 Å². The monoisotopic (exact) mass is 493 g/mol. The smallest absolute Gasteiger partial charge is 0.213 e. The molecule has 1 aliphatic rings. The SMILES string of the molecule is NCCCc1cc(-c2c(-c3ccc(F)cc3)nc3n2[C@H](COc2ccc4ccccc4n2)CC3)ccn1. The Kier molecular flexibility index (Phi) is 6.37. The molecule has 5 aromatic rings. The number of benzene rings is 2. The first-order chi connectivity index (χ1) is 18.2. The Bertz CT molecular complexity index is 1550. The number of hydrogen-bond donors (Lipinski definition) is 1. The molecule has 0 saturated carbocycles. The van der Waals surface area contributed by atoms with E-state index in [1.54, 1.807) is 12.1 Å². The predicted octanol–water partition coefficient (Wildman–Crippen LogP) is 5.76. The molecule has 3 aromatic heterocycles. The van der Waals surface area contributed by atoms with Crippen molar-refractivity contribution in [3.05, 3.63) is 96.3 Å². The molecule has 37 heavy (non-hydrogen) atoms. The maximum Gasteiger partial charge on any atom is 0.213 e. The number of para-hydroxylation sites is 1. The second kappa shape index (κ2) is 10.1. The molecular weight excluding hydrogens is 465 g/mol. The molecule has 0 bridgehead atoms. The number of aromatic nitrogens is 4. The summed E-state index contributed by atoms with van der Waals surface area (Å²) in [4.78, 5) is 14.3. The molecule has 186 valence electrons. The van der Waals surface area contributed by atoms with Crippen LogP contribution in [0.4, 0.5) is 4.39 Å². The zero-order valence-corrected chi connectivity index (χ0v) is 20.5. The minimum Gasteiger partial charge on any atom is -0.475 e. The number of hydrogen-bond acceptors (Lipinski definition) is 5. The van der Waals surface area contributed by atoms with Crippen molar-refractivity contribution in [1.29, 1.82) is 0 Å². The molecule has 1 aliphatic heterocycles. The summed E-state index contributed by atoms with van der Waals surface area (Å²) in [6, 6.07) is 22.7. The average molecular weight is 494 g/mol. The summed E-state index contributed by atoms with van der Waals surface area (Å²) in [7, 11) is 0. The van der Waals surface area contributed by atoms with Crippen LogP contribution in [0.1, 0.15) is 30.4 Å². The van der Waals surface area contributed by atoms with Crippen LogP contribution in [-0.2, 0) is 12.8 Å². The molecule has 0 radical (unpaired) electrons. The molecule has 0 spiro atoms. The minimum absolute atomic E-state index is 0.0978. The van der Waals surface area contributed by atoms with Crippen molar-refractivity contribution < 1.29 is 9.13 Å². The van der Waals surface area contributed by atoms with E-state index in [1.165, 1.54) is 12.1 Å². The first-order valence-electron chi connectivity index (χ1n) is 12.7. The summed E-state index contributed by atoms with van der Waals surface area (Å²) in [6.07, 6.45) is 5.31. The number of pyridine rings is 2. The van der Waals surface area contributed by atoms with Gasteiger partial charge < -0.3 is 15.0 Å². The van der Waals surface area contributed by atoms with Gasteiger partial charge in [0.05, 0.1) is 22.9 Å². The van der Waals surface area contributed by atoms with Crippen LogP contribution < -0.4 is 10.5 Å². The van der Waals surface area contributed by atoms with E-state index in [1.807, 2.05) is 48.7 Å². The minimum atomic E-state index is -0.265. The fourth-order valence-electron chi connectivity index (χ4n) is 5.07. The molecule has 0 aliphatic carbocycles. The number of nitrogens with zero attached hydrogens (tertiary/aromatic N) is 4. The summed E-state index contributed by atoms with van der Waals surface area (Å²) in [5.74, 6) is 1.36. The third-order valence-electron chi connectivity index (χ3n) is 6.89. The van der Waals surface area contributed by atoms with Gasteiger partial charge in [-0.3, -0.25) is 4.98 Å². The van der Waals surface area contributed by atoms with E-state index >= 15 is 0 Å². The third-order valence-corrected chi connectivity index (χ3v) is 6.89. The van der Waals surface area contributed by atoms with Gasteiger partial charge in [-0.15, -0.1) is 0 Å². The lowest BCUT2D eigenvalue weighted by Gasteiger charge is -2.18. The fourth-order valence-corrected chi connectivity index (χ4v) is 5.07. The normalized spacial score (nSPS) is 14.7. The van der Waals surface area contributed by atoms with Crippen molar-refractivity contribution in [3.63, 3.8) is 0 Å². The Morgan fingerprint density at radius 1 is 0.973 bits per heavy atom. The van der Waals surface area contributed by atoms with Crippen molar-refractivity contribution >= 4 is 10.9 Å². The van der Waals surface area contributed by atoms with Gasteiger partial charge in [0.15, 0.2) is 0 Å². The fraction of sp³-hybridized carbons (Fsp3) is 0.233. The molecule has 0 saturated heterocycles. The Labute approximate surface area is 215 Å². The summed E-state index contributed by atoms with van der Waals surface area (Å²) in [5, 5.41) is 1.09. The van der Waals surface area contributed by atoms with E-state index in [9.17, 15) is 4.39 Å². The highest BCUT2D eigenvalue weighted by Crippen LogP contribution is 2.40. The van der Waals surface area contributed by atoms with Crippen molar-refractivity contribution in [1.82, 2.24) is 19.5 Å². The molecule has 7 heteroatoms. The zero-order chi connectivity index (χ0) is 25.2. The van der Waals surface area contributed by atoms with Gasteiger partial charge in [0.25, 0.3) is 0 Å². The van der Waals surface area contributed by atoms with Gasteiger partial charge in [0, 0.05) is 40.9 Å². The molecule has 0 amide bonds. The molecule has 0 fully saturated rings. The lowest BCUT2D eigenvalue weighted by molar-refractivity contribution is 0.248.